The number of halogens is 1. The van der Waals surface area contributed by atoms with Gasteiger partial charge in [0.2, 0.25) is 0 Å². The summed E-state index contributed by atoms with van der Waals surface area (Å²) in [6.07, 6.45) is 1.61. The zero-order valence-electron chi connectivity index (χ0n) is 9.44. The normalized spacial score (nSPS) is 25.9. The van der Waals surface area contributed by atoms with Gasteiger partial charge in [0, 0.05) is 32.2 Å². The number of rotatable bonds is 1. The van der Waals surface area contributed by atoms with Gasteiger partial charge in [-0.15, -0.1) is 0 Å². The van der Waals surface area contributed by atoms with Crippen LogP contribution in [-0.2, 0) is 0 Å². The minimum Gasteiger partial charge on any atom is -0.465 e. The summed E-state index contributed by atoms with van der Waals surface area (Å²) < 4.78 is 13.0. The van der Waals surface area contributed by atoms with Gasteiger partial charge in [-0.25, -0.2) is 9.18 Å². The van der Waals surface area contributed by atoms with Gasteiger partial charge in [-0.3, -0.25) is 0 Å². The Balaban J connectivity index is 1.78. The van der Waals surface area contributed by atoms with E-state index in [1.165, 1.54) is 4.90 Å². The first-order chi connectivity index (χ1) is 7.66. The summed E-state index contributed by atoms with van der Waals surface area (Å²) in [6.45, 7) is 2.91. The van der Waals surface area contributed by atoms with E-state index >= 15 is 0 Å². The monoisotopic (exact) mass is 230 g/mol. The van der Waals surface area contributed by atoms with Crippen molar-refractivity contribution in [3.8, 4) is 0 Å². The Morgan fingerprint density at radius 2 is 1.62 bits per heavy atom. The first kappa shape index (κ1) is 11.6. The molecular weight excluding hydrogens is 211 g/mol. The van der Waals surface area contributed by atoms with E-state index in [0.717, 1.165) is 25.9 Å². The number of piperidine rings is 2. The van der Waals surface area contributed by atoms with E-state index in [1.807, 2.05) is 0 Å². The summed E-state index contributed by atoms with van der Waals surface area (Å²) in [6, 6.07) is 0.461. The Hall–Kier alpha value is -0.840. The van der Waals surface area contributed by atoms with E-state index in [0.29, 0.717) is 32.0 Å². The van der Waals surface area contributed by atoms with E-state index in [9.17, 15) is 9.18 Å². The molecule has 0 aliphatic carbocycles. The second-order valence-corrected chi connectivity index (χ2v) is 4.71. The molecule has 0 unspecified atom stereocenters. The second-order valence-electron chi connectivity index (χ2n) is 4.71. The standard InChI is InChI=1S/C11H19FN2O2/c12-9-1-5-13(6-2-9)10-3-7-14(8-4-10)11(15)16/h9-10H,1-8H2,(H,15,16). The summed E-state index contributed by atoms with van der Waals surface area (Å²) in [7, 11) is 0. The van der Waals surface area contributed by atoms with Gasteiger partial charge in [-0.2, -0.15) is 0 Å². The molecule has 1 N–H and O–H groups in total. The molecule has 5 heteroatoms. The van der Waals surface area contributed by atoms with Gasteiger partial charge in [-0.1, -0.05) is 0 Å². The Morgan fingerprint density at radius 3 is 2.12 bits per heavy atom. The van der Waals surface area contributed by atoms with Gasteiger partial charge in [0.05, 0.1) is 0 Å². The molecule has 2 rings (SSSR count). The number of nitrogens with zero attached hydrogens (tertiary/aromatic N) is 2. The van der Waals surface area contributed by atoms with Crippen molar-refractivity contribution in [3.05, 3.63) is 0 Å². The highest BCUT2D eigenvalue weighted by Crippen LogP contribution is 2.22. The molecule has 2 aliphatic heterocycles. The SMILES string of the molecule is O=C(O)N1CCC(N2CCC(F)CC2)CC1. The quantitative estimate of drug-likeness (QED) is 0.743. The topological polar surface area (TPSA) is 43.8 Å². The number of carboxylic acid groups (broad SMARTS) is 1. The maximum absolute atomic E-state index is 13.0. The average molecular weight is 230 g/mol. The van der Waals surface area contributed by atoms with E-state index in [2.05, 4.69) is 4.90 Å². The molecule has 2 heterocycles. The molecule has 0 spiro atoms. The van der Waals surface area contributed by atoms with Crippen molar-refractivity contribution in [3.63, 3.8) is 0 Å². The maximum atomic E-state index is 13.0. The zero-order valence-corrected chi connectivity index (χ0v) is 9.44. The van der Waals surface area contributed by atoms with Crippen LogP contribution in [0, 0.1) is 0 Å². The molecular formula is C11H19FN2O2. The van der Waals surface area contributed by atoms with Crippen LogP contribution in [0.4, 0.5) is 9.18 Å². The number of hydrogen-bond acceptors (Lipinski definition) is 2. The molecule has 0 saturated carbocycles. The van der Waals surface area contributed by atoms with Crippen molar-refractivity contribution in [1.29, 1.82) is 0 Å². The molecule has 0 bridgehead atoms. The molecule has 4 nitrogen and oxygen atoms in total. The largest absolute Gasteiger partial charge is 0.465 e. The Morgan fingerprint density at radius 1 is 1.06 bits per heavy atom. The minimum absolute atomic E-state index is 0.461. The highest BCUT2D eigenvalue weighted by molar-refractivity contribution is 5.65. The second kappa shape index (κ2) is 4.99. The van der Waals surface area contributed by atoms with E-state index in [4.69, 9.17) is 5.11 Å². The zero-order chi connectivity index (χ0) is 11.5. The molecule has 2 aliphatic rings. The smallest absolute Gasteiger partial charge is 0.407 e. The third-order valence-corrected chi connectivity index (χ3v) is 3.71. The third-order valence-electron chi connectivity index (χ3n) is 3.71. The van der Waals surface area contributed by atoms with Gasteiger partial charge >= 0.3 is 6.09 Å². The van der Waals surface area contributed by atoms with Crippen molar-refractivity contribution >= 4 is 6.09 Å². The first-order valence-electron chi connectivity index (χ1n) is 6.03. The van der Waals surface area contributed by atoms with E-state index in [1.54, 1.807) is 0 Å². The van der Waals surface area contributed by atoms with Gasteiger partial charge in [0.15, 0.2) is 0 Å². The lowest BCUT2D eigenvalue weighted by Gasteiger charge is -2.40. The van der Waals surface area contributed by atoms with Crippen LogP contribution in [0.15, 0.2) is 0 Å². The number of amides is 1. The van der Waals surface area contributed by atoms with Crippen LogP contribution in [0.1, 0.15) is 25.7 Å². The van der Waals surface area contributed by atoms with Crippen LogP contribution in [0.5, 0.6) is 0 Å². The van der Waals surface area contributed by atoms with Crippen molar-refractivity contribution < 1.29 is 14.3 Å². The Bertz CT molecular complexity index is 246. The molecule has 0 aromatic carbocycles. The summed E-state index contributed by atoms with van der Waals surface area (Å²) in [4.78, 5) is 14.5. The molecule has 2 saturated heterocycles. The fourth-order valence-electron chi connectivity index (χ4n) is 2.66. The molecule has 0 atom stereocenters. The van der Waals surface area contributed by atoms with Gasteiger partial charge < -0.3 is 14.9 Å². The van der Waals surface area contributed by atoms with Crippen molar-refractivity contribution in [2.45, 2.75) is 37.9 Å². The lowest BCUT2D eigenvalue weighted by atomic mass is 9.99. The molecule has 16 heavy (non-hydrogen) atoms. The molecule has 0 radical (unpaired) electrons. The van der Waals surface area contributed by atoms with E-state index in [-0.39, 0.29) is 0 Å². The summed E-state index contributed by atoms with van der Waals surface area (Å²) in [5, 5.41) is 8.83. The van der Waals surface area contributed by atoms with Crippen molar-refractivity contribution in [2.75, 3.05) is 26.2 Å². The van der Waals surface area contributed by atoms with Crippen LogP contribution < -0.4 is 0 Å². The fraction of sp³-hybridized carbons (Fsp3) is 0.909. The molecule has 0 aromatic heterocycles. The van der Waals surface area contributed by atoms with Gasteiger partial charge in [-0.05, 0) is 25.7 Å². The fourth-order valence-corrected chi connectivity index (χ4v) is 2.66. The lowest BCUT2D eigenvalue weighted by Crippen LogP contribution is -2.49. The highest BCUT2D eigenvalue weighted by atomic mass is 19.1. The average Bonchev–Trinajstić information content (AvgIpc) is 2.30. The summed E-state index contributed by atoms with van der Waals surface area (Å²) in [5.41, 5.74) is 0. The summed E-state index contributed by atoms with van der Waals surface area (Å²) in [5.74, 6) is 0. The van der Waals surface area contributed by atoms with Crippen molar-refractivity contribution in [2.24, 2.45) is 0 Å². The highest BCUT2D eigenvalue weighted by Gasteiger charge is 2.29. The van der Waals surface area contributed by atoms with Gasteiger partial charge in [0.25, 0.3) is 0 Å². The number of alkyl halides is 1. The summed E-state index contributed by atoms with van der Waals surface area (Å²) >= 11 is 0. The van der Waals surface area contributed by atoms with Crippen LogP contribution >= 0.6 is 0 Å². The number of likely N-dealkylation sites (tertiary alicyclic amines) is 2. The first-order valence-corrected chi connectivity index (χ1v) is 6.03. The van der Waals surface area contributed by atoms with Crippen LogP contribution in [-0.4, -0.2) is 59.4 Å². The maximum Gasteiger partial charge on any atom is 0.407 e. The molecule has 0 aromatic rings. The van der Waals surface area contributed by atoms with Crippen LogP contribution in [0.2, 0.25) is 0 Å². The number of carbonyl (C=O) groups is 1. The van der Waals surface area contributed by atoms with Crippen LogP contribution in [0.25, 0.3) is 0 Å². The predicted octanol–water partition coefficient (Wildman–Crippen LogP) is 1.56. The molecule has 2 fully saturated rings. The van der Waals surface area contributed by atoms with E-state index < -0.39 is 12.3 Å². The van der Waals surface area contributed by atoms with Crippen molar-refractivity contribution in [1.82, 2.24) is 9.80 Å². The van der Waals surface area contributed by atoms with Gasteiger partial charge in [0.1, 0.15) is 6.17 Å². The Kier molecular flexibility index (Phi) is 3.63. The van der Waals surface area contributed by atoms with Crippen LogP contribution in [0.3, 0.4) is 0 Å². The minimum atomic E-state index is -0.819. The third kappa shape index (κ3) is 2.64. The predicted molar refractivity (Wildman–Crippen MR) is 58.3 cm³/mol. The Labute approximate surface area is 95.0 Å². The molecule has 1 amide bonds. The number of hydrogen-bond donors (Lipinski definition) is 1. The molecule has 92 valence electrons. The lowest BCUT2D eigenvalue weighted by molar-refractivity contribution is 0.0663.